The summed E-state index contributed by atoms with van der Waals surface area (Å²) >= 11 is 0. The Hall–Kier alpha value is -2.54. The summed E-state index contributed by atoms with van der Waals surface area (Å²) in [5.41, 5.74) is 8.65. The molecule has 1 aliphatic rings. The van der Waals surface area contributed by atoms with E-state index < -0.39 is 0 Å². The molecule has 3 aromatic carbocycles. The van der Waals surface area contributed by atoms with E-state index in [-0.39, 0.29) is 5.41 Å². The zero-order valence-corrected chi connectivity index (χ0v) is 14.4. The van der Waals surface area contributed by atoms with E-state index in [0.29, 0.717) is 5.75 Å². The van der Waals surface area contributed by atoms with Gasteiger partial charge in [0, 0.05) is 0 Å². The van der Waals surface area contributed by atoms with Crippen LogP contribution in [0.2, 0.25) is 0 Å². The Kier molecular flexibility index (Phi) is 3.28. The predicted molar refractivity (Wildman–Crippen MR) is 100 cm³/mol. The zero-order chi connectivity index (χ0) is 16.9. The lowest BCUT2D eigenvalue weighted by Crippen LogP contribution is -2.11. The van der Waals surface area contributed by atoms with Crippen molar-refractivity contribution in [3.63, 3.8) is 0 Å². The van der Waals surface area contributed by atoms with Gasteiger partial charge in [-0.1, -0.05) is 75.4 Å². The highest BCUT2D eigenvalue weighted by Crippen LogP contribution is 2.42. The third-order valence-electron chi connectivity index (χ3n) is 4.97. The molecule has 0 radical (unpaired) electrons. The minimum absolute atomic E-state index is 0.0581. The summed E-state index contributed by atoms with van der Waals surface area (Å²) in [6.07, 6.45) is 0.962. The van der Waals surface area contributed by atoms with Crippen LogP contribution in [-0.2, 0) is 11.8 Å². The molecule has 120 valence electrons. The van der Waals surface area contributed by atoms with Gasteiger partial charge in [-0.3, -0.25) is 0 Å². The van der Waals surface area contributed by atoms with Crippen LogP contribution in [-0.4, -0.2) is 5.11 Å². The molecule has 0 heterocycles. The summed E-state index contributed by atoms with van der Waals surface area (Å²) < 4.78 is 0. The molecule has 0 atom stereocenters. The van der Waals surface area contributed by atoms with E-state index in [1.807, 2.05) is 6.07 Å². The Morgan fingerprint density at radius 1 is 0.792 bits per heavy atom. The first-order chi connectivity index (χ1) is 11.4. The van der Waals surface area contributed by atoms with Crippen LogP contribution in [0.25, 0.3) is 22.3 Å². The lowest BCUT2D eigenvalue weighted by molar-refractivity contribution is 0.447. The molecule has 0 amide bonds. The van der Waals surface area contributed by atoms with Crippen molar-refractivity contribution in [1.29, 1.82) is 0 Å². The lowest BCUT2D eigenvalue weighted by atomic mass is 9.85. The second-order valence-electron chi connectivity index (χ2n) is 7.65. The second kappa shape index (κ2) is 5.24. The van der Waals surface area contributed by atoms with Crippen molar-refractivity contribution in [3.05, 3.63) is 77.4 Å². The third-order valence-corrected chi connectivity index (χ3v) is 4.97. The summed E-state index contributed by atoms with van der Waals surface area (Å²) in [5, 5.41) is 10.5. The van der Waals surface area contributed by atoms with E-state index >= 15 is 0 Å². The van der Waals surface area contributed by atoms with Gasteiger partial charge >= 0.3 is 0 Å². The molecule has 1 N–H and O–H groups in total. The van der Waals surface area contributed by atoms with Crippen molar-refractivity contribution in [2.75, 3.05) is 0 Å². The van der Waals surface area contributed by atoms with Gasteiger partial charge < -0.3 is 5.11 Å². The Morgan fingerprint density at radius 3 is 2.25 bits per heavy atom. The second-order valence-corrected chi connectivity index (χ2v) is 7.65. The fourth-order valence-corrected chi connectivity index (χ4v) is 3.76. The summed E-state index contributed by atoms with van der Waals surface area (Å²) in [6, 6.07) is 21.2. The fourth-order valence-electron chi connectivity index (χ4n) is 3.76. The van der Waals surface area contributed by atoms with E-state index in [1.165, 1.54) is 27.8 Å². The Morgan fingerprint density at radius 2 is 1.50 bits per heavy atom. The molecule has 0 bridgehead atoms. The first-order valence-corrected chi connectivity index (χ1v) is 8.49. The first-order valence-electron chi connectivity index (χ1n) is 8.49. The Bertz CT molecular complexity index is 929. The number of aromatic hydroxyl groups is 1. The molecule has 1 aliphatic carbocycles. The van der Waals surface area contributed by atoms with Gasteiger partial charge in [0.05, 0.1) is 0 Å². The number of phenols is 1. The summed E-state index contributed by atoms with van der Waals surface area (Å²) in [5.74, 6) is 0.383. The molecule has 3 aromatic rings. The van der Waals surface area contributed by atoms with Crippen LogP contribution in [0.3, 0.4) is 0 Å². The molecule has 0 saturated carbocycles. The average Bonchev–Trinajstić information content (AvgIpc) is 2.92. The maximum atomic E-state index is 10.5. The van der Waals surface area contributed by atoms with Crippen LogP contribution in [0.1, 0.15) is 37.5 Å². The van der Waals surface area contributed by atoms with Gasteiger partial charge in [-0.25, -0.2) is 0 Å². The fraction of sp³-hybridized carbons (Fsp3) is 0.217. The lowest BCUT2D eigenvalue weighted by Gasteiger charge is -2.21. The number of benzene rings is 3. The molecule has 0 fully saturated rings. The van der Waals surface area contributed by atoms with Crippen LogP contribution in [0.4, 0.5) is 0 Å². The average molecular weight is 314 g/mol. The molecule has 0 saturated heterocycles. The third kappa shape index (κ3) is 2.32. The zero-order valence-electron chi connectivity index (χ0n) is 14.4. The molecule has 0 aliphatic heterocycles. The van der Waals surface area contributed by atoms with Crippen molar-refractivity contribution < 1.29 is 5.11 Å². The van der Waals surface area contributed by atoms with Crippen LogP contribution < -0.4 is 0 Å². The highest BCUT2D eigenvalue weighted by molar-refractivity contribution is 5.85. The van der Waals surface area contributed by atoms with E-state index in [2.05, 4.69) is 75.4 Å². The van der Waals surface area contributed by atoms with Gasteiger partial charge in [0.25, 0.3) is 0 Å². The summed E-state index contributed by atoms with van der Waals surface area (Å²) in [6.45, 7) is 6.37. The van der Waals surface area contributed by atoms with Crippen molar-refractivity contribution in [1.82, 2.24) is 0 Å². The topological polar surface area (TPSA) is 20.2 Å². The number of fused-ring (bicyclic) bond motifs is 3. The van der Waals surface area contributed by atoms with E-state index in [0.717, 1.165) is 17.5 Å². The Balaban J connectivity index is 1.84. The molecule has 4 rings (SSSR count). The quantitative estimate of drug-likeness (QED) is 0.462. The molecular formula is C23H22O. The monoisotopic (exact) mass is 314 g/mol. The first kappa shape index (κ1) is 15.0. The molecule has 1 nitrogen and oxygen atoms in total. The van der Waals surface area contributed by atoms with Crippen molar-refractivity contribution >= 4 is 0 Å². The van der Waals surface area contributed by atoms with Gasteiger partial charge in [0.2, 0.25) is 0 Å². The molecule has 0 spiro atoms. The largest absolute Gasteiger partial charge is 0.508 e. The molecule has 0 unspecified atom stereocenters. The minimum atomic E-state index is -0.0581. The van der Waals surface area contributed by atoms with Gasteiger partial charge in [-0.2, -0.15) is 0 Å². The van der Waals surface area contributed by atoms with Gasteiger partial charge in [-0.05, 0) is 56.8 Å². The van der Waals surface area contributed by atoms with Crippen LogP contribution in [0, 0.1) is 0 Å². The molecule has 0 aromatic heterocycles. The normalized spacial score (nSPS) is 12.8. The highest BCUT2D eigenvalue weighted by Gasteiger charge is 2.22. The van der Waals surface area contributed by atoms with Crippen LogP contribution in [0.15, 0.2) is 60.7 Å². The SMILES string of the molecule is CC(C)(C)c1ccc(-c2cccc3c2Cc2ccccc2-3)cc1O. The maximum Gasteiger partial charge on any atom is 0.119 e. The predicted octanol–water partition coefficient (Wildman–Crippen LogP) is 5.93. The molecule has 24 heavy (non-hydrogen) atoms. The minimum Gasteiger partial charge on any atom is -0.508 e. The number of rotatable bonds is 1. The number of hydrogen-bond donors (Lipinski definition) is 1. The van der Waals surface area contributed by atoms with E-state index in [9.17, 15) is 5.11 Å². The summed E-state index contributed by atoms with van der Waals surface area (Å²) in [4.78, 5) is 0. The van der Waals surface area contributed by atoms with Crippen molar-refractivity contribution in [2.24, 2.45) is 0 Å². The number of phenolic OH excluding ortho intramolecular Hbond substituents is 1. The summed E-state index contributed by atoms with van der Waals surface area (Å²) in [7, 11) is 0. The smallest absolute Gasteiger partial charge is 0.119 e. The highest BCUT2D eigenvalue weighted by atomic mass is 16.3. The van der Waals surface area contributed by atoms with Gasteiger partial charge in [0.1, 0.15) is 5.75 Å². The van der Waals surface area contributed by atoms with Crippen molar-refractivity contribution in [2.45, 2.75) is 32.6 Å². The van der Waals surface area contributed by atoms with Crippen LogP contribution in [0.5, 0.6) is 5.75 Å². The maximum absolute atomic E-state index is 10.5. The van der Waals surface area contributed by atoms with E-state index in [1.54, 1.807) is 0 Å². The van der Waals surface area contributed by atoms with Crippen molar-refractivity contribution in [3.8, 4) is 28.0 Å². The molecular weight excluding hydrogens is 292 g/mol. The van der Waals surface area contributed by atoms with E-state index in [4.69, 9.17) is 0 Å². The molecule has 1 heteroatoms. The number of hydrogen-bond acceptors (Lipinski definition) is 1. The van der Waals surface area contributed by atoms with Gasteiger partial charge in [-0.15, -0.1) is 0 Å². The standard InChI is InChI=1S/C23H22O/c1-23(2,3)21-12-11-16(14-22(21)24)18-9-6-10-19-17-8-5-4-7-15(17)13-20(18)19/h4-12,14,24H,13H2,1-3H3. The van der Waals surface area contributed by atoms with Gasteiger partial charge in [0.15, 0.2) is 0 Å². The van der Waals surface area contributed by atoms with Crippen LogP contribution >= 0.6 is 0 Å². The Labute approximate surface area is 143 Å².